The Labute approximate surface area is 149 Å². The molecular weight excluding hydrogens is 345 g/mol. The van der Waals surface area contributed by atoms with Crippen LogP contribution < -0.4 is 10.6 Å². The summed E-state index contributed by atoms with van der Waals surface area (Å²) in [7, 11) is 0. The van der Waals surface area contributed by atoms with Crippen LogP contribution >= 0.6 is 0 Å². The monoisotopic (exact) mass is 364 g/mol. The van der Waals surface area contributed by atoms with Crippen LogP contribution in [0.15, 0.2) is 36.7 Å². The molecule has 0 saturated heterocycles. The largest absolute Gasteiger partial charge is 0.418 e. The minimum atomic E-state index is -4.49. The molecule has 1 fully saturated rings. The number of amides is 1. The van der Waals surface area contributed by atoms with E-state index in [-0.39, 0.29) is 29.1 Å². The van der Waals surface area contributed by atoms with Gasteiger partial charge in [0.15, 0.2) is 0 Å². The van der Waals surface area contributed by atoms with Crippen molar-refractivity contribution < 1.29 is 18.0 Å². The highest BCUT2D eigenvalue weighted by molar-refractivity contribution is 5.93. The van der Waals surface area contributed by atoms with Crippen LogP contribution in [0.1, 0.15) is 48.2 Å². The Hall–Kier alpha value is -2.64. The molecule has 138 valence electrons. The molecule has 5 nitrogen and oxygen atoms in total. The predicted molar refractivity (Wildman–Crippen MR) is 91.1 cm³/mol. The van der Waals surface area contributed by atoms with E-state index in [9.17, 15) is 18.0 Å². The molecule has 3 rings (SSSR count). The third kappa shape index (κ3) is 4.50. The Morgan fingerprint density at radius 3 is 2.54 bits per heavy atom. The summed E-state index contributed by atoms with van der Waals surface area (Å²) in [5.74, 6) is -0.211. The Kier molecular flexibility index (Phi) is 5.39. The molecule has 1 aromatic carbocycles. The number of nitrogens with zero attached hydrogens (tertiary/aromatic N) is 2. The highest BCUT2D eigenvalue weighted by Gasteiger charge is 2.33. The molecule has 1 aliphatic rings. The first-order valence-corrected chi connectivity index (χ1v) is 8.49. The number of carbonyl (C=O) groups excluding carboxylic acids is 1. The molecule has 1 aromatic heterocycles. The third-order valence-corrected chi connectivity index (χ3v) is 4.34. The third-order valence-electron chi connectivity index (χ3n) is 4.34. The van der Waals surface area contributed by atoms with Gasteiger partial charge in [-0.1, -0.05) is 31.4 Å². The number of hydrogen-bond donors (Lipinski definition) is 2. The summed E-state index contributed by atoms with van der Waals surface area (Å²) < 4.78 is 39.2. The van der Waals surface area contributed by atoms with Crippen LogP contribution in [0.3, 0.4) is 0 Å². The van der Waals surface area contributed by atoms with Crippen molar-refractivity contribution >= 4 is 17.4 Å². The zero-order chi connectivity index (χ0) is 18.6. The van der Waals surface area contributed by atoms with E-state index in [4.69, 9.17) is 0 Å². The van der Waals surface area contributed by atoms with Crippen LogP contribution in [0.5, 0.6) is 0 Å². The summed E-state index contributed by atoms with van der Waals surface area (Å²) in [4.78, 5) is 20.2. The molecule has 1 saturated carbocycles. The van der Waals surface area contributed by atoms with Crippen molar-refractivity contribution in [2.75, 3.05) is 5.32 Å². The molecule has 26 heavy (non-hydrogen) atoms. The van der Waals surface area contributed by atoms with Crippen LogP contribution in [0.25, 0.3) is 0 Å². The first kappa shape index (κ1) is 18.2. The van der Waals surface area contributed by atoms with Crippen molar-refractivity contribution in [3.05, 3.63) is 47.9 Å². The van der Waals surface area contributed by atoms with Gasteiger partial charge in [-0.3, -0.25) is 4.79 Å². The van der Waals surface area contributed by atoms with E-state index in [0.29, 0.717) is 0 Å². The van der Waals surface area contributed by atoms with E-state index in [1.54, 1.807) is 0 Å². The van der Waals surface area contributed by atoms with Crippen molar-refractivity contribution in [2.45, 2.75) is 44.3 Å². The number of para-hydroxylation sites is 1. The van der Waals surface area contributed by atoms with Gasteiger partial charge in [-0.2, -0.15) is 13.2 Å². The molecule has 0 unspecified atom stereocenters. The van der Waals surface area contributed by atoms with Crippen molar-refractivity contribution in [3.8, 4) is 0 Å². The summed E-state index contributed by atoms with van der Waals surface area (Å²) in [6.07, 6.45) is 1.87. The number of nitrogens with one attached hydrogen (secondary N) is 2. The van der Waals surface area contributed by atoms with Gasteiger partial charge in [0.1, 0.15) is 17.8 Å². The Morgan fingerprint density at radius 1 is 1.08 bits per heavy atom. The quantitative estimate of drug-likeness (QED) is 0.849. The number of benzene rings is 1. The molecule has 2 aromatic rings. The molecule has 2 N–H and O–H groups in total. The number of aromatic nitrogens is 2. The fourth-order valence-electron chi connectivity index (χ4n) is 3.03. The molecule has 0 atom stereocenters. The first-order chi connectivity index (χ1) is 12.4. The lowest BCUT2D eigenvalue weighted by atomic mass is 9.95. The zero-order valence-corrected chi connectivity index (χ0v) is 14.0. The van der Waals surface area contributed by atoms with E-state index in [2.05, 4.69) is 20.6 Å². The fraction of sp³-hybridized carbons (Fsp3) is 0.389. The lowest BCUT2D eigenvalue weighted by molar-refractivity contribution is -0.136. The van der Waals surface area contributed by atoms with Gasteiger partial charge < -0.3 is 10.6 Å². The number of hydrogen-bond acceptors (Lipinski definition) is 4. The van der Waals surface area contributed by atoms with E-state index in [0.717, 1.165) is 38.1 Å². The van der Waals surface area contributed by atoms with E-state index < -0.39 is 11.7 Å². The maximum atomic E-state index is 13.1. The number of carbonyl (C=O) groups is 1. The smallest absolute Gasteiger partial charge is 0.348 e. The normalized spacial score (nSPS) is 15.5. The van der Waals surface area contributed by atoms with Crippen molar-refractivity contribution in [2.24, 2.45) is 0 Å². The maximum Gasteiger partial charge on any atom is 0.418 e. The summed E-state index contributed by atoms with van der Waals surface area (Å²) in [5, 5.41) is 5.55. The van der Waals surface area contributed by atoms with Crippen LogP contribution in [0.2, 0.25) is 0 Å². The first-order valence-electron chi connectivity index (χ1n) is 8.49. The standard InChI is InChI=1S/C18H19F3N4O/c19-18(20,21)13-8-4-5-9-14(13)25-16-10-15(22-11-23-16)17(26)24-12-6-2-1-3-7-12/h4-5,8-12H,1-3,6-7H2,(H,24,26)(H,22,23,25). The van der Waals surface area contributed by atoms with Gasteiger partial charge in [0.25, 0.3) is 5.91 Å². The molecule has 0 aliphatic heterocycles. The molecular formula is C18H19F3N4O. The van der Waals surface area contributed by atoms with E-state index in [1.807, 2.05) is 0 Å². The molecule has 0 bridgehead atoms. The maximum absolute atomic E-state index is 13.1. The van der Waals surface area contributed by atoms with Gasteiger partial charge in [0.2, 0.25) is 0 Å². The van der Waals surface area contributed by atoms with Crippen LogP contribution in [0.4, 0.5) is 24.7 Å². The van der Waals surface area contributed by atoms with Gasteiger partial charge in [-0.25, -0.2) is 9.97 Å². The lowest BCUT2D eigenvalue weighted by Crippen LogP contribution is -2.36. The molecule has 0 spiro atoms. The SMILES string of the molecule is O=C(NC1CCCCC1)c1cc(Nc2ccccc2C(F)(F)F)ncn1. The summed E-state index contributed by atoms with van der Waals surface area (Å²) >= 11 is 0. The Balaban J connectivity index is 1.75. The van der Waals surface area contributed by atoms with Crippen LogP contribution in [-0.4, -0.2) is 21.9 Å². The highest BCUT2D eigenvalue weighted by Crippen LogP contribution is 2.35. The van der Waals surface area contributed by atoms with E-state index >= 15 is 0 Å². The summed E-state index contributed by atoms with van der Waals surface area (Å²) in [6, 6.07) is 6.58. The number of halogens is 3. The average Bonchev–Trinajstić information content (AvgIpc) is 2.62. The Bertz CT molecular complexity index is 773. The predicted octanol–water partition coefficient (Wildman–Crippen LogP) is 4.30. The second-order valence-corrected chi connectivity index (χ2v) is 6.27. The molecule has 8 heteroatoms. The van der Waals surface area contributed by atoms with Gasteiger partial charge >= 0.3 is 6.18 Å². The summed E-state index contributed by atoms with van der Waals surface area (Å²) in [6.45, 7) is 0. The van der Waals surface area contributed by atoms with Gasteiger partial charge in [-0.05, 0) is 25.0 Å². The van der Waals surface area contributed by atoms with Crippen molar-refractivity contribution in [1.82, 2.24) is 15.3 Å². The molecule has 1 amide bonds. The second kappa shape index (κ2) is 7.72. The molecule has 0 radical (unpaired) electrons. The fourth-order valence-corrected chi connectivity index (χ4v) is 3.03. The molecule has 1 heterocycles. The topological polar surface area (TPSA) is 66.9 Å². The lowest BCUT2D eigenvalue weighted by Gasteiger charge is -2.22. The van der Waals surface area contributed by atoms with Gasteiger partial charge in [0, 0.05) is 12.1 Å². The Morgan fingerprint density at radius 2 is 1.81 bits per heavy atom. The highest BCUT2D eigenvalue weighted by atomic mass is 19.4. The van der Waals surface area contributed by atoms with Gasteiger partial charge in [0.05, 0.1) is 11.3 Å². The zero-order valence-electron chi connectivity index (χ0n) is 14.0. The molecule has 1 aliphatic carbocycles. The number of alkyl halides is 3. The average molecular weight is 364 g/mol. The van der Waals surface area contributed by atoms with Crippen LogP contribution in [0, 0.1) is 0 Å². The number of rotatable bonds is 4. The van der Waals surface area contributed by atoms with Crippen molar-refractivity contribution in [3.63, 3.8) is 0 Å². The van der Waals surface area contributed by atoms with E-state index in [1.165, 1.54) is 30.7 Å². The minimum Gasteiger partial charge on any atom is -0.348 e. The van der Waals surface area contributed by atoms with Crippen molar-refractivity contribution in [1.29, 1.82) is 0 Å². The second-order valence-electron chi connectivity index (χ2n) is 6.27. The van der Waals surface area contributed by atoms with Gasteiger partial charge in [-0.15, -0.1) is 0 Å². The minimum absolute atomic E-state index is 0.119. The summed E-state index contributed by atoms with van der Waals surface area (Å²) in [5.41, 5.74) is -0.804. The van der Waals surface area contributed by atoms with Crippen LogP contribution in [-0.2, 0) is 6.18 Å². The number of anilines is 2.